The second-order valence-corrected chi connectivity index (χ2v) is 8.15. The minimum absolute atomic E-state index is 0.0620. The van der Waals surface area contributed by atoms with Crippen LogP contribution in [0, 0.1) is 42.4 Å². The fraction of sp³-hybridized carbons (Fsp3) is 0.476. The molecular formula is C21H22N2O3. The van der Waals surface area contributed by atoms with E-state index in [1.165, 1.54) is 4.90 Å². The van der Waals surface area contributed by atoms with E-state index in [9.17, 15) is 14.4 Å². The van der Waals surface area contributed by atoms with Gasteiger partial charge in [-0.15, -0.1) is 0 Å². The number of carbonyl (C=O) groups excluding carboxylic acids is 3. The lowest BCUT2D eigenvalue weighted by molar-refractivity contribution is -0.140. The highest BCUT2D eigenvalue weighted by Gasteiger charge is 2.66. The van der Waals surface area contributed by atoms with Crippen LogP contribution < -0.4 is 5.32 Å². The molecule has 2 bridgehead atoms. The van der Waals surface area contributed by atoms with E-state index in [2.05, 4.69) is 17.5 Å². The van der Waals surface area contributed by atoms with E-state index in [1.54, 1.807) is 0 Å². The zero-order chi connectivity index (χ0) is 18.0. The molecule has 1 aliphatic heterocycles. The van der Waals surface area contributed by atoms with E-state index in [4.69, 9.17) is 0 Å². The third-order valence-corrected chi connectivity index (χ3v) is 6.62. The number of allylic oxidation sites excluding steroid dienone is 2. The molecule has 1 aromatic rings. The van der Waals surface area contributed by atoms with Crippen LogP contribution >= 0.6 is 0 Å². The summed E-state index contributed by atoms with van der Waals surface area (Å²) in [6, 6.07) is 7.58. The van der Waals surface area contributed by atoms with Gasteiger partial charge in [0.2, 0.25) is 17.7 Å². The molecular weight excluding hydrogens is 328 g/mol. The third-order valence-electron chi connectivity index (χ3n) is 6.62. The molecule has 3 amide bonds. The van der Waals surface area contributed by atoms with E-state index in [0.717, 1.165) is 17.7 Å². The van der Waals surface area contributed by atoms with E-state index in [-0.39, 0.29) is 54.4 Å². The lowest BCUT2D eigenvalue weighted by Gasteiger charge is -2.37. The van der Waals surface area contributed by atoms with Gasteiger partial charge in [0.25, 0.3) is 0 Å². The highest BCUT2D eigenvalue weighted by atomic mass is 16.2. The number of amides is 3. The summed E-state index contributed by atoms with van der Waals surface area (Å²) < 4.78 is 0. The van der Waals surface area contributed by atoms with Gasteiger partial charge < -0.3 is 5.32 Å². The van der Waals surface area contributed by atoms with Crippen LogP contribution in [0.2, 0.25) is 0 Å². The Morgan fingerprint density at radius 2 is 1.77 bits per heavy atom. The lowest BCUT2D eigenvalue weighted by Crippen LogP contribution is -2.40. The third kappa shape index (κ3) is 2.26. The maximum Gasteiger partial charge on any atom is 0.233 e. The van der Waals surface area contributed by atoms with Crippen LogP contribution in [0.4, 0.5) is 5.69 Å². The maximum absolute atomic E-state index is 12.9. The number of anilines is 1. The van der Waals surface area contributed by atoms with E-state index in [0.29, 0.717) is 11.8 Å². The van der Waals surface area contributed by atoms with Crippen LogP contribution in [0.3, 0.4) is 0 Å². The summed E-state index contributed by atoms with van der Waals surface area (Å²) in [5.41, 5.74) is 1.81. The Morgan fingerprint density at radius 3 is 2.38 bits per heavy atom. The van der Waals surface area contributed by atoms with E-state index < -0.39 is 0 Å². The van der Waals surface area contributed by atoms with Crippen LogP contribution in [0.15, 0.2) is 36.4 Å². The normalized spacial score (nSPS) is 36.1. The number of likely N-dealkylation sites (tertiary alicyclic amines) is 1. The predicted molar refractivity (Wildman–Crippen MR) is 95.8 cm³/mol. The van der Waals surface area contributed by atoms with Crippen molar-refractivity contribution in [2.24, 2.45) is 35.5 Å². The molecule has 0 spiro atoms. The van der Waals surface area contributed by atoms with Crippen LogP contribution in [-0.2, 0) is 14.4 Å². The Labute approximate surface area is 152 Å². The fourth-order valence-electron chi connectivity index (χ4n) is 5.40. The molecule has 0 aromatic heterocycles. The van der Waals surface area contributed by atoms with Crippen molar-refractivity contribution in [2.75, 3.05) is 11.9 Å². The smallest absolute Gasteiger partial charge is 0.233 e. The van der Waals surface area contributed by atoms with Crippen molar-refractivity contribution in [3.63, 3.8) is 0 Å². The van der Waals surface area contributed by atoms with Gasteiger partial charge in [-0.25, -0.2) is 0 Å². The first-order valence-electron chi connectivity index (χ1n) is 9.44. The van der Waals surface area contributed by atoms with Crippen molar-refractivity contribution in [2.45, 2.75) is 19.8 Å². The lowest BCUT2D eigenvalue weighted by atomic mass is 9.63. The molecule has 5 aliphatic rings. The van der Waals surface area contributed by atoms with Crippen molar-refractivity contribution < 1.29 is 14.4 Å². The van der Waals surface area contributed by atoms with Crippen molar-refractivity contribution in [3.8, 4) is 0 Å². The van der Waals surface area contributed by atoms with Crippen LogP contribution in [0.5, 0.6) is 0 Å². The predicted octanol–water partition coefficient (Wildman–Crippen LogP) is 2.38. The van der Waals surface area contributed by atoms with Gasteiger partial charge in [-0.2, -0.15) is 0 Å². The first kappa shape index (κ1) is 15.8. The Morgan fingerprint density at radius 1 is 1.12 bits per heavy atom. The van der Waals surface area contributed by atoms with E-state index >= 15 is 0 Å². The molecule has 5 nitrogen and oxygen atoms in total. The molecule has 2 saturated carbocycles. The molecule has 6 atom stereocenters. The molecule has 134 valence electrons. The average molecular weight is 350 g/mol. The molecule has 6 rings (SSSR count). The van der Waals surface area contributed by atoms with Gasteiger partial charge in [0.1, 0.15) is 0 Å². The molecule has 1 heterocycles. The molecule has 1 N–H and O–H groups in total. The Bertz CT molecular complexity index is 809. The number of imide groups is 1. The average Bonchev–Trinajstić information content (AvgIpc) is 3.39. The number of nitrogens with one attached hydrogen (secondary N) is 1. The van der Waals surface area contributed by atoms with Gasteiger partial charge in [0, 0.05) is 18.7 Å². The van der Waals surface area contributed by atoms with Crippen LogP contribution in [-0.4, -0.2) is 29.2 Å². The minimum atomic E-state index is -0.180. The molecule has 26 heavy (non-hydrogen) atoms. The van der Waals surface area contributed by atoms with Crippen molar-refractivity contribution in [1.82, 2.24) is 4.90 Å². The van der Waals surface area contributed by atoms with Crippen LogP contribution in [0.1, 0.15) is 18.4 Å². The molecule has 0 radical (unpaired) electrons. The monoisotopic (exact) mass is 350 g/mol. The van der Waals surface area contributed by atoms with E-state index in [1.807, 2.05) is 31.2 Å². The van der Waals surface area contributed by atoms with Gasteiger partial charge in [-0.1, -0.05) is 24.3 Å². The Kier molecular flexibility index (Phi) is 3.36. The number of benzene rings is 1. The highest BCUT2D eigenvalue weighted by Crippen LogP contribution is 2.65. The van der Waals surface area contributed by atoms with Crippen molar-refractivity contribution in [3.05, 3.63) is 42.0 Å². The van der Waals surface area contributed by atoms with Gasteiger partial charge in [0.05, 0.1) is 11.8 Å². The Hall–Kier alpha value is -2.43. The summed E-state index contributed by atoms with van der Waals surface area (Å²) in [5, 5.41) is 2.84. The quantitative estimate of drug-likeness (QED) is 0.670. The summed E-state index contributed by atoms with van der Waals surface area (Å²) >= 11 is 0. The number of nitrogens with zero attached hydrogens (tertiary/aromatic N) is 1. The first-order chi connectivity index (χ1) is 12.5. The second-order valence-electron chi connectivity index (χ2n) is 8.15. The fourth-order valence-corrected chi connectivity index (χ4v) is 5.40. The maximum atomic E-state index is 12.9. The summed E-state index contributed by atoms with van der Waals surface area (Å²) in [5.74, 6) is 1.02. The number of carbonyl (C=O) groups is 3. The van der Waals surface area contributed by atoms with Gasteiger partial charge in [-0.3, -0.25) is 19.3 Å². The molecule has 1 aromatic carbocycles. The standard InChI is InChI=1S/C21H22N2O3/c1-11-3-2-4-12(9-11)22-17(24)7-8-23-20(25)18-13-5-6-14(16-10-15(13)16)19(18)21(23)26/h2-6,9,13-16,18-19H,7-8,10H2,1H3,(H,22,24)/t13-,14-,15-,16+,18+,19+/m0/s1. The summed E-state index contributed by atoms with van der Waals surface area (Å²) in [4.78, 5) is 39.3. The molecule has 4 aliphatic carbocycles. The van der Waals surface area contributed by atoms with Gasteiger partial charge in [-0.05, 0) is 54.7 Å². The first-order valence-corrected chi connectivity index (χ1v) is 9.44. The van der Waals surface area contributed by atoms with Crippen molar-refractivity contribution in [1.29, 1.82) is 0 Å². The largest absolute Gasteiger partial charge is 0.326 e. The molecule has 1 saturated heterocycles. The van der Waals surface area contributed by atoms with Crippen molar-refractivity contribution >= 4 is 23.4 Å². The topological polar surface area (TPSA) is 66.5 Å². The SMILES string of the molecule is Cc1cccc(NC(=O)CCN2C(=O)[C@@H]3[C@H]4C=C[C@@H]([C@@H]5C[C@H]45)[C@H]3C2=O)c1. The van der Waals surface area contributed by atoms with Crippen LogP contribution in [0.25, 0.3) is 0 Å². The minimum Gasteiger partial charge on any atom is -0.326 e. The number of rotatable bonds is 4. The number of hydrogen-bond acceptors (Lipinski definition) is 3. The number of hydrogen-bond donors (Lipinski definition) is 1. The molecule has 3 fully saturated rings. The van der Waals surface area contributed by atoms with Gasteiger partial charge >= 0.3 is 0 Å². The van der Waals surface area contributed by atoms with Gasteiger partial charge in [0.15, 0.2) is 0 Å². The molecule has 5 heteroatoms. The zero-order valence-electron chi connectivity index (χ0n) is 14.7. The Balaban J connectivity index is 1.25. The second kappa shape index (κ2) is 5.53. The number of aryl methyl sites for hydroxylation is 1. The highest BCUT2D eigenvalue weighted by molar-refractivity contribution is 6.06. The zero-order valence-corrected chi connectivity index (χ0v) is 14.7. The molecule has 0 unspecified atom stereocenters. The summed E-state index contributed by atoms with van der Waals surface area (Å²) in [6.07, 6.45) is 5.63. The summed E-state index contributed by atoms with van der Waals surface area (Å²) in [7, 11) is 0. The summed E-state index contributed by atoms with van der Waals surface area (Å²) in [6.45, 7) is 2.14.